The molecule has 3 aromatic rings. The first kappa shape index (κ1) is 10.4. The van der Waals surface area contributed by atoms with Crippen LogP contribution in [0.4, 0.5) is 0 Å². The maximum Gasteiger partial charge on any atom is 0.137 e. The molecule has 1 aliphatic rings. The van der Waals surface area contributed by atoms with E-state index >= 15 is 0 Å². The lowest BCUT2D eigenvalue weighted by Gasteiger charge is -2.16. The van der Waals surface area contributed by atoms with Crippen molar-refractivity contribution in [2.75, 3.05) is 6.61 Å². The molecule has 92 valence electrons. The number of hydrogen-bond donors (Lipinski definition) is 1. The summed E-state index contributed by atoms with van der Waals surface area (Å²) in [6, 6.07) is 16.1. The second-order valence-corrected chi connectivity index (χ2v) is 4.60. The van der Waals surface area contributed by atoms with E-state index in [1.54, 1.807) is 0 Å². The van der Waals surface area contributed by atoms with Gasteiger partial charge in [0.25, 0.3) is 0 Å². The van der Waals surface area contributed by atoms with Crippen LogP contribution in [0.2, 0.25) is 0 Å². The summed E-state index contributed by atoms with van der Waals surface area (Å²) < 4.78 is 5.76. The number of nitrogens with zero attached hydrogens (tertiary/aromatic N) is 1. The van der Waals surface area contributed by atoms with Crippen molar-refractivity contribution in [2.45, 2.75) is 0 Å². The predicted molar refractivity (Wildman–Crippen MR) is 75.9 cm³/mol. The van der Waals surface area contributed by atoms with Crippen molar-refractivity contribution in [1.82, 2.24) is 9.97 Å². The molecule has 1 N–H and O–H groups in total. The SMILES string of the molecule is C1=C(c2nc3ccccc3[nH]2)COc2ccccc21. The highest BCUT2D eigenvalue weighted by atomic mass is 16.5. The van der Waals surface area contributed by atoms with Gasteiger partial charge in [-0.15, -0.1) is 0 Å². The number of ether oxygens (including phenoxy) is 1. The van der Waals surface area contributed by atoms with Gasteiger partial charge in [0.15, 0.2) is 0 Å². The lowest BCUT2D eigenvalue weighted by atomic mass is 10.1. The number of H-pyrrole nitrogens is 1. The van der Waals surface area contributed by atoms with Crippen LogP contribution in [0.1, 0.15) is 11.4 Å². The lowest BCUT2D eigenvalue weighted by Crippen LogP contribution is -2.07. The fourth-order valence-electron chi connectivity index (χ4n) is 2.36. The van der Waals surface area contributed by atoms with Crippen LogP contribution in [0.5, 0.6) is 5.75 Å². The second-order valence-electron chi connectivity index (χ2n) is 4.60. The van der Waals surface area contributed by atoms with Crippen molar-refractivity contribution in [3.63, 3.8) is 0 Å². The minimum absolute atomic E-state index is 0.552. The molecule has 1 aliphatic heterocycles. The zero-order valence-electron chi connectivity index (χ0n) is 10.3. The van der Waals surface area contributed by atoms with Crippen LogP contribution >= 0.6 is 0 Å². The molecule has 0 spiro atoms. The molecule has 0 bridgehead atoms. The highest BCUT2D eigenvalue weighted by Crippen LogP contribution is 2.29. The van der Waals surface area contributed by atoms with Gasteiger partial charge in [-0.3, -0.25) is 0 Å². The maximum absolute atomic E-state index is 5.76. The van der Waals surface area contributed by atoms with Crippen LogP contribution in [0, 0.1) is 0 Å². The lowest BCUT2D eigenvalue weighted by molar-refractivity contribution is 0.365. The largest absolute Gasteiger partial charge is 0.488 e. The van der Waals surface area contributed by atoms with Crippen molar-refractivity contribution >= 4 is 22.7 Å². The Hall–Kier alpha value is -2.55. The van der Waals surface area contributed by atoms with Gasteiger partial charge in [0.1, 0.15) is 18.2 Å². The molecule has 0 aliphatic carbocycles. The third-order valence-corrected chi connectivity index (χ3v) is 3.33. The van der Waals surface area contributed by atoms with E-state index in [1.165, 1.54) is 0 Å². The molecule has 0 radical (unpaired) electrons. The van der Waals surface area contributed by atoms with Crippen molar-refractivity contribution in [3.8, 4) is 5.75 Å². The second kappa shape index (κ2) is 3.99. The number of rotatable bonds is 1. The topological polar surface area (TPSA) is 37.9 Å². The van der Waals surface area contributed by atoms with Crippen LogP contribution < -0.4 is 4.74 Å². The Morgan fingerprint density at radius 2 is 1.84 bits per heavy atom. The summed E-state index contributed by atoms with van der Waals surface area (Å²) >= 11 is 0. The minimum atomic E-state index is 0.552. The minimum Gasteiger partial charge on any atom is -0.488 e. The van der Waals surface area contributed by atoms with E-state index in [1.807, 2.05) is 42.5 Å². The molecule has 0 saturated carbocycles. The number of hydrogen-bond acceptors (Lipinski definition) is 2. The molecule has 3 nitrogen and oxygen atoms in total. The zero-order chi connectivity index (χ0) is 12.7. The molecule has 3 heteroatoms. The first-order valence-electron chi connectivity index (χ1n) is 6.28. The molecule has 0 atom stereocenters. The Kier molecular flexibility index (Phi) is 2.18. The Morgan fingerprint density at radius 1 is 1.00 bits per heavy atom. The van der Waals surface area contributed by atoms with Gasteiger partial charge in [0.2, 0.25) is 0 Å². The first-order chi connectivity index (χ1) is 9.40. The summed E-state index contributed by atoms with van der Waals surface area (Å²) in [5.74, 6) is 1.82. The molecular formula is C16H12N2O. The third-order valence-electron chi connectivity index (χ3n) is 3.33. The third kappa shape index (κ3) is 1.71. The van der Waals surface area contributed by atoms with Gasteiger partial charge in [0.05, 0.1) is 11.0 Å². The van der Waals surface area contributed by atoms with Crippen LogP contribution in [0.25, 0.3) is 22.7 Å². The van der Waals surface area contributed by atoms with Crippen LogP contribution in [-0.4, -0.2) is 16.6 Å². The molecule has 0 fully saturated rings. The summed E-state index contributed by atoms with van der Waals surface area (Å²) in [4.78, 5) is 7.94. The van der Waals surface area contributed by atoms with Gasteiger partial charge < -0.3 is 9.72 Å². The number of nitrogens with one attached hydrogen (secondary N) is 1. The zero-order valence-corrected chi connectivity index (χ0v) is 10.3. The Morgan fingerprint density at radius 3 is 2.79 bits per heavy atom. The number of para-hydroxylation sites is 3. The fraction of sp³-hybridized carbons (Fsp3) is 0.0625. The molecule has 4 rings (SSSR count). The van der Waals surface area contributed by atoms with E-state index in [4.69, 9.17) is 4.74 Å². The molecule has 19 heavy (non-hydrogen) atoms. The summed E-state index contributed by atoms with van der Waals surface area (Å²) in [6.45, 7) is 0.552. The number of aromatic amines is 1. The molecule has 2 heterocycles. The summed E-state index contributed by atoms with van der Waals surface area (Å²) in [5, 5.41) is 0. The maximum atomic E-state index is 5.76. The van der Waals surface area contributed by atoms with E-state index < -0.39 is 0 Å². The van der Waals surface area contributed by atoms with Gasteiger partial charge in [0, 0.05) is 11.1 Å². The van der Waals surface area contributed by atoms with Crippen molar-refractivity contribution in [3.05, 3.63) is 59.9 Å². The number of benzene rings is 2. The molecule has 2 aromatic carbocycles. The van der Waals surface area contributed by atoms with Crippen LogP contribution in [0.15, 0.2) is 48.5 Å². The summed E-state index contributed by atoms with van der Waals surface area (Å²) in [6.07, 6.45) is 2.14. The van der Waals surface area contributed by atoms with E-state index in [0.717, 1.165) is 33.7 Å². The highest BCUT2D eigenvalue weighted by Gasteiger charge is 2.14. The average molecular weight is 248 g/mol. The van der Waals surface area contributed by atoms with E-state index in [2.05, 4.69) is 22.1 Å². The monoisotopic (exact) mass is 248 g/mol. The molecule has 0 amide bonds. The van der Waals surface area contributed by atoms with E-state index in [-0.39, 0.29) is 0 Å². The summed E-state index contributed by atoms with van der Waals surface area (Å²) in [7, 11) is 0. The number of aromatic nitrogens is 2. The fourth-order valence-corrected chi connectivity index (χ4v) is 2.36. The smallest absolute Gasteiger partial charge is 0.137 e. The number of imidazole rings is 1. The molecule has 1 aromatic heterocycles. The van der Waals surface area contributed by atoms with Crippen LogP contribution in [0.3, 0.4) is 0 Å². The predicted octanol–water partition coefficient (Wildman–Crippen LogP) is 3.50. The van der Waals surface area contributed by atoms with Crippen LogP contribution in [-0.2, 0) is 0 Å². The number of fused-ring (bicyclic) bond motifs is 2. The van der Waals surface area contributed by atoms with Gasteiger partial charge in [-0.05, 0) is 24.3 Å². The average Bonchev–Trinajstić information content (AvgIpc) is 2.90. The normalized spacial score (nSPS) is 13.8. The van der Waals surface area contributed by atoms with Crippen molar-refractivity contribution < 1.29 is 4.74 Å². The first-order valence-corrected chi connectivity index (χ1v) is 6.28. The molecular weight excluding hydrogens is 236 g/mol. The highest BCUT2D eigenvalue weighted by molar-refractivity contribution is 5.86. The van der Waals surface area contributed by atoms with Crippen molar-refractivity contribution in [2.24, 2.45) is 0 Å². The van der Waals surface area contributed by atoms with E-state index in [9.17, 15) is 0 Å². The summed E-state index contributed by atoms with van der Waals surface area (Å²) in [5.41, 5.74) is 4.22. The van der Waals surface area contributed by atoms with Gasteiger partial charge in [-0.25, -0.2) is 4.98 Å². The van der Waals surface area contributed by atoms with Crippen molar-refractivity contribution in [1.29, 1.82) is 0 Å². The molecule has 0 saturated heterocycles. The van der Waals surface area contributed by atoms with E-state index in [0.29, 0.717) is 6.61 Å². The van der Waals surface area contributed by atoms with Gasteiger partial charge in [-0.2, -0.15) is 0 Å². The van der Waals surface area contributed by atoms with Gasteiger partial charge in [-0.1, -0.05) is 30.3 Å². The Bertz CT molecular complexity index is 753. The Balaban J connectivity index is 1.83. The molecule has 0 unspecified atom stereocenters. The standard InChI is InChI=1S/C16H12N2O/c1-4-8-15-11(5-1)9-12(10-19-15)16-17-13-6-2-3-7-14(13)18-16/h1-9H,10H2,(H,17,18). The van der Waals surface area contributed by atoms with Gasteiger partial charge >= 0.3 is 0 Å². The Labute approximate surface area is 110 Å². The quantitative estimate of drug-likeness (QED) is 0.715.